The quantitative estimate of drug-likeness (QED) is 0.819. The number of sulfone groups is 1. The van der Waals surface area contributed by atoms with Gasteiger partial charge in [0.05, 0.1) is 16.4 Å². The Hall–Kier alpha value is -1.58. The van der Waals surface area contributed by atoms with Crippen LogP contribution >= 0.6 is 11.3 Å². The molecule has 0 radical (unpaired) electrons. The number of aryl methyl sites for hydroxylation is 2. The maximum atomic E-state index is 12.1. The summed E-state index contributed by atoms with van der Waals surface area (Å²) in [5.41, 5.74) is 1.82. The monoisotopic (exact) mass is 354 g/mol. The lowest BCUT2D eigenvalue weighted by Crippen LogP contribution is -2.35. The minimum atomic E-state index is -3.53. The van der Waals surface area contributed by atoms with Gasteiger partial charge in [-0.3, -0.25) is 14.7 Å². The third-order valence-electron chi connectivity index (χ3n) is 3.85. The molecule has 0 unspecified atom stereocenters. The number of hydrogen-bond acceptors (Lipinski definition) is 7. The molecule has 9 heteroatoms. The van der Waals surface area contributed by atoms with E-state index in [9.17, 15) is 13.2 Å². The molecular weight excluding hydrogens is 336 g/mol. The van der Waals surface area contributed by atoms with Gasteiger partial charge in [0.15, 0.2) is 0 Å². The highest BCUT2D eigenvalue weighted by Crippen LogP contribution is 2.22. The Morgan fingerprint density at radius 1 is 1.30 bits per heavy atom. The molecule has 0 amide bonds. The zero-order valence-electron chi connectivity index (χ0n) is 13.2. The Bertz CT molecular complexity index is 915. The largest absolute Gasteiger partial charge is 0.297 e. The highest BCUT2D eigenvalue weighted by atomic mass is 32.2. The Balaban J connectivity index is 1.89. The molecule has 0 spiro atoms. The van der Waals surface area contributed by atoms with Crippen LogP contribution in [0.2, 0.25) is 0 Å². The summed E-state index contributed by atoms with van der Waals surface area (Å²) in [6.07, 6.45) is 1.61. The minimum absolute atomic E-state index is 0.257. The van der Waals surface area contributed by atoms with E-state index in [0.717, 1.165) is 30.0 Å². The second-order valence-corrected chi connectivity index (χ2v) is 8.99. The summed E-state index contributed by atoms with van der Waals surface area (Å²) in [5, 5.41) is 0.775. The predicted molar refractivity (Wildman–Crippen MR) is 87.4 cm³/mol. The van der Waals surface area contributed by atoms with Crippen molar-refractivity contribution >= 4 is 21.2 Å². The second kappa shape index (κ2) is 5.81. The van der Waals surface area contributed by atoms with Gasteiger partial charge in [0.25, 0.3) is 5.56 Å². The van der Waals surface area contributed by atoms with Crippen molar-refractivity contribution in [3.63, 3.8) is 0 Å². The van der Waals surface area contributed by atoms with E-state index in [0.29, 0.717) is 24.2 Å². The molecule has 124 valence electrons. The minimum Gasteiger partial charge on any atom is -0.297 e. The number of rotatable bonds is 3. The van der Waals surface area contributed by atoms with Crippen LogP contribution in [0, 0.1) is 13.8 Å². The number of H-pyrrole nitrogens is 1. The third kappa shape index (κ3) is 3.36. The first-order valence-electron chi connectivity index (χ1n) is 7.21. The molecular formula is C14H18N4O3S2. The summed E-state index contributed by atoms with van der Waals surface area (Å²) >= 11 is 1.66. The standard InChI is InChI=1S/C14H18N4O3S2/c1-8-12(22-9(2)15-8)7-18-5-4-10-11(6-18)16-14(17-13(10)19)23(3,20)21/h4-7H2,1-3H3,(H,16,17,19). The van der Waals surface area contributed by atoms with Crippen molar-refractivity contribution in [2.45, 2.75) is 38.5 Å². The van der Waals surface area contributed by atoms with Crippen LogP contribution in [0.4, 0.5) is 0 Å². The third-order valence-corrected chi connectivity index (χ3v) is 5.80. The molecule has 2 aromatic heterocycles. The van der Waals surface area contributed by atoms with Crippen LogP contribution in [-0.4, -0.2) is 41.1 Å². The number of aromatic nitrogens is 3. The predicted octanol–water partition coefficient (Wildman–Crippen LogP) is 0.805. The van der Waals surface area contributed by atoms with Crippen molar-refractivity contribution in [2.24, 2.45) is 0 Å². The number of aromatic amines is 1. The lowest BCUT2D eigenvalue weighted by Gasteiger charge is -2.27. The smallest absolute Gasteiger partial charge is 0.255 e. The van der Waals surface area contributed by atoms with Crippen molar-refractivity contribution in [3.8, 4) is 0 Å². The van der Waals surface area contributed by atoms with E-state index >= 15 is 0 Å². The van der Waals surface area contributed by atoms with Crippen molar-refractivity contribution in [1.82, 2.24) is 19.9 Å². The molecule has 1 aliphatic heterocycles. The Morgan fingerprint density at radius 3 is 2.65 bits per heavy atom. The molecule has 0 saturated heterocycles. The fourth-order valence-corrected chi connectivity index (χ4v) is 4.24. The number of thiazole rings is 1. The van der Waals surface area contributed by atoms with Gasteiger partial charge in [0, 0.05) is 36.3 Å². The second-order valence-electron chi connectivity index (χ2n) is 5.77. The average molecular weight is 354 g/mol. The van der Waals surface area contributed by atoms with Crippen LogP contribution < -0.4 is 5.56 Å². The summed E-state index contributed by atoms with van der Waals surface area (Å²) in [4.78, 5) is 26.4. The van der Waals surface area contributed by atoms with Crippen LogP contribution in [0.15, 0.2) is 9.95 Å². The molecule has 2 aromatic rings. The van der Waals surface area contributed by atoms with Crippen LogP contribution in [0.1, 0.15) is 26.8 Å². The molecule has 1 N–H and O–H groups in total. The summed E-state index contributed by atoms with van der Waals surface area (Å²) in [5.74, 6) is 0. The maximum Gasteiger partial charge on any atom is 0.255 e. The van der Waals surface area contributed by atoms with Crippen molar-refractivity contribution in [3.05, 3.63) is 37.2 Å². The van der Waals surface area contributed by atoms with Crippen LogP contribution in [0.5, 0.6) is 0 Å². The molecule has 7 nitrogen and oxygen atoms in total. The number of nitrogens with one attached hydrogen (secondary N) is 1. The first-order valence-corrected chi connectivity index (χ1v) is 9.92. The van der Waals surface area contributed by atoms with E-state index in [1.54, 1.807) is 11.3 Å². The van der Waals surface area contributed by atoms with Crippen molar-refractivity contribution < 1.29 is 8.42 Å². The highest BCUT2D eigenvalue weighted by Gasteiger charge is 2.24. The molecule has 0 atom stereocenters. The van der Waals surface area contributed by atoms with Gasteiger partial charge in [-0.1, -0.05) is 0 Å². The highest BCUT2D eigenvalue weighted by molar-refractivity contribution is 7.90. The Labute approximate surface area is 138 Å². The summed E-state index contributed by atoms with van der Waals surface area (Å²) in [6, 6.07) is 0. The van der Waals surface area contributed by atoms with Crippen LogP contribution in [0.3, 0.4) is 0 Å². The molecule has 0 fully saturated rings. The number of hydrogen-bond donors (Lipinski definition) is 1. The summed E-state index contributed by atoms with van der Waals surface area (Å²) in [7, 11) is -3.53. The van der Waals surface area contributed by atoms with E-state index in [1.807, 2.05) is 13.8 Å². The van der Waals surface area contributed by atoms with E-state index in [-0.39, 0.29) is 10.7 Å². The normalized spacial score (nSPS) is 15.6. The van der Waals surface area contributed by atoms with Crippen LogP contribution in [0.25, 0.3) is 0 Å². The van der Waals surface area contributed by atoms with Gasteiger partial charge in [-0.15, -0.1) is 11.3 Å². The molecule has 0 saturated carbocycles. The number of nitrogens with zero attached hydrogens (tertiary/aromatic N) is 3. The molecule has 3 heterocycles. The fourth-order valence-electron chi connectivity index (χ4n) is 2.70. The van der Waals surface area contributed by atoms with Crippen LogP contribution in [-0.2, 0) is 29.3 Å². The number of fused-ring (bicyclic) bond motifs is 1. The van der Waals surface area contributed by atoms with Gasteiger partial charge < -0.3 is 0 Å². The summed E-state index contributed by atoms with van der Waals surface area (Å²) in [6.45, 7) is 5.91. The zero-order valence-corrected chi connectivity index (χ0v) is 14.8. The molecule has 0 bridgehead atoms. The van der Waals surface area contributed by atoms with Gasteiger partial charge in [-0.25, -0.2) is 18.4 Å². The van der Waals surface area contributed by atoms with Gasteiger partial charge in [0.2, 0.25) is 15.0 Å². The lowest BCUT2D eigenvalue weighted by molar-refractivity contribution is 0.240. The van der Waals surface area contributed by atoms with E-state index < -0.39 is 9.84 Å². The zero-order chi connectivity index (χ0) is 16.8. The van der Waals surface area contributed by atoms with E-state index in [2.05, 4.69) is 19.9 Å². The van der Waals surface area contributed by atoms with Gasteiger partial charge in [-0.05, 0) is 20.3 Å². The molecule has 0 aliphatic carbocycles. The maximum absolute atomic E-state index is 12.1. The van der Waals surface area contributed by atoms with E-state index in [1.165, 1.54) is 4.88 Å². The molecule has 23 heavy (non-hydrogen) atoms. The lowest BCUT2D eigenvalue weighted by atomic mass is 10.1. The molecule has 1 aliphatic rings. The first kappa shape index (κ1) is 16.3. The van der Waals surface area contributed by atoms with Crippen molar-refractivity contribution in [1.29, 1.82) is 0 Å². The van der Waals surface area contributed by atoms with Gasteiger partial charge in [0.1, 0.15) is 0 Å². The average Bonchev–Trinajstić information content (AvgIpc) is 2.75. The van der Waals surface area contributed by atoms with Gasteiger partial charge in [-0.2, -0.15) is 0 Å². The molecule has 3 rings (SSSR count). The van der Waals surface area contributed by atoms with E-state index in [4.69, 9.17) is 0 Å². The topological polar surface area (TPSA) is 96.0 Å². The summed E-state index contributed by atoms with van der Waals surface area (Å²) < 4.78 is 23.3. The van der Waals surface area contributed by atoms with Gasteiger partial charge >= 0.3 is 0 Å². The Kier molecular flexibility index (Phi) is 4.11. The first-order chi connectivity index (χ1) is 10.7. The SMILES string of the molecule is Cc1nc(C)c(CN2CCc3c(nc(S(C)(=O)=O)[nH]c3=O)C2)s1. The Morgan fingerprint density at radius 2 is 2.04 bits per heavy atom. The molecule has 0 aromatic carbocycles. The van der Waals surface area contributed by atoms with Crippen molar-refractivity contribution in [2.75, 3.05) is 12.8 Å². The fraction of sp³-hybridized carbons (Fsp3) is 0.500.